The van der Waals surface area contributed by atoms with E-state index in [1.54, 1.807) is 0 Å². The lowest BCUT2D eigenvalue weighted by Crippen LogP contribution is -2.64. The van der Waals surface area contributed by atoms with Crippen molar-refractivity contribution in [3.05, 3.63) is 0 Å². The Morgan fingerprint density at radius 3 is 1.27 bits per heavy atom. The van der Waals surface area contributed by atoms with Gasteiger partial charge < -0.3 is 47.4 Å². The van der Waals surface area contributed by atoms with Crippen molar-refractivity contribution < 1.29 is 80.9 Å². The Balaban J connectivity index is 2.48. The second-order valence-electron chi connectivity index (χ2n) is 9.65. The van der Waals surface area contributed by atoms with Crippen molar-refractivity contribution in [2.24, 2.45) is 0 Å². The Kier molecular flexibility index (Phi) is 13.9. The largest absolute Gasteiger partial charge is 0.463 e. The van der Waals surface area contributed by atoms with Gasteiger partial charge in [0.05, 0.1) is 6.61 Å². The van der Waals surface area contributed by atoms with E-state index in [-0.39, 0.29) is 0 Å². The van der Waals surface area contributed by atoms with Gasteiger partial charge >= 0.3 is 41.8 Å². The maximum atomic E-state index is 12.1. The molecule has 0 amide bonds. The highest BCUT2D eigenvalue weighted by Gasteiger charge is 2.55. The summed E-state index contributed by atoms with van der Waals surface area (Å²) in [6.45, 7) is 6.61. The number of carbonyl (C=O) groups is 7. The minimum Gasteiger partial charge on any atom is -0.463 e. The fourth-order valence-corrected chi connectivity index (χ4v) is 5.17. The maximum absolute atomic E-state index is 12.1. The molecular weight excluding hydrogens is 664 g/mol. The van der Waals surface area contributed by atoms with E-state index in [2.05, 4.69) is 15.9 Å². The third-order valence-electron chi connectivity index (χ3n) is 5.86. The molecule has 18 heteroatoms. The molecule has 0 bridgehead atoms. The van der Waals surface area contributed by atoms with Gasteiger partial charge in [-0.3, -0.25) is 33.6 Å². The topological polar surface area (TPSA) is 212 Å². The molecule has 0 aromatic heterocycles. The van der Waals surface area contributed by atoms with E-state index in [1.165, 1.54) is 0 Å². The molecule has 0 radical (unpaired) electrons. The molecular formula is C26H35BrO17. The number of rotatable bonds is 11. The molecule has 0 spiro atoms. The Bertz CT molecular complexity index is 1090. The number of hydrogen-bond acceptors (Lipinski definition) is 17. The van der Waals surface area contributed by atoms with Gasteiger partial charge in [0.25, 0.3) is 0 Å². The van der Waals surface area contributed by atoms with Crippen molar-refractivity contribution >= 4 is 57.7 Å². The first-order valence-electron chi connectivity index (χ1n) is 13.2. The fraction of sp³-hybridized carbons (Fsp3) is 0.731. The minimum absolute atomic E-state index is 0.490. The molecule has 248 valence electrons. The average molecular weight is 699 g/mol. The van der Waals surface area contributed by atoms with Gasteiger partial charge in [0.2, 0.25) is 0 Å². The lowest BCUT2D eigenvalue weighted by molar-refractivity contribution is -0.317. The van der Waals surface area contributed by atoms with Crippen LogP contribution >= 0.6 is 15.9 Å². The molecule has 2 fully saturated rings. The maximum Gasteiger partial charge on any atom is 0.303 e. The van der Waals surface area contributed by atoms with E-state index in [0.717, 1.165) is 48.5 Å². The molecule has 10 atom stereocenters. The lowest BCUT2D eigenvalue weighted by Gasteiger charge is -2.45. The molecule has 0 unspecified atom stereocenters. The van der Waals surface area contributed by atoms with Crippen LogP contribution in [0.15, 0.2) is 0 Å². The van der Waals surface area contributed by atoms with E-state index < -0.39 is 115 Å². The van der Waals surface area contributed by atoms with E-state index in [9.17, 15) is 33.6 Å². The quantitative estimate of drug-likeness (QED) is 0.158. The third kappa shape index (κ3) is 11.0. The molecule has 0 N–H and O–H groups in total. The SMILES string of the molecule is CC(=O)OC[C@H]1O[C@H](OC[C@H]2O[C@H](Br)[C@H](OC(C)=O)[C@@H](OC(C)=O)[C@@H]2OC(C)=O)[C@H](OC(C)=O)[C@@H](OC(C)=O)[C@@H]1OC(C)=O. The zero-order valence-electron chi connectivity index (χ0n) is 25.0. The van der Waals surface area contributed by atoms with Crippen LogP contribution < -0.4 is 0 Å². The summed E-state index contributed by atoms with van der Waals surface area (Å²) in [7, 11) is 0. The van der Waals surface area contributed by atoms with E-state index >= 15 is 0 Å². The summed E-state index contributed by atoms with van der Waals surface area (Å²) in [5.74, 6) is -5.55. The first-order valence-corrected chi connectivity index (χ1v) is 14.1. The highest BCUT2D eigenvalue weighted by Crippen LogP contribution is 2.34. The predicted molar refractivity (Wildman–Crippen MR) is 142 cm³/mol. The molecule has 2 rings (SSSR count). The molecule has 0 aromatic rings. The van der Waals surface area contributed by atoms with Gasteiger partial charge in [-0.05, 0) is 0 Å². The molecule has 2 aliphatic rings. The molecule has 0 aromatic carbocycles. The summed E-state index contributed by atoms with van der Waals surface area (Å²) in [5, 5.41) is -1.09. The molecule has 17 nitrogen and oxygen atoms in total. The van der Waals surface area contributed by atoms with Gasteiger partial charge in [-0.1, -0.05) is 15.9 Å². The standard InChI is InChI=1S/C26H35BrO17/c1-10(28)35-8-18-20(38-12(3)30)22(40-14(5)32)24(42-16(7)34)26(44-18)36-9-17-19(37-11(2)29)21(39-13(4)31)23(25(27)43-17)41-15(6)33/h17-26H,8-9H2,1-7H3/t17-,18-,19-,20-,21+,22+,23-,24-,25+,26+/m1/s1. The zero-order chi connectivity index (χ0) is 33.3. The number of esters is 7. The van der Waals surface area contributed by atoms with Crippen molar-refractivity contribution in [3.8, 4) is 0 Å². The number of ether oxygens (including phenoxy) is 10. The van der Waals surface area contributed by atoms with Crippen LogP contribution in [0.5, 0.6) is 0 Å². The second kappa shape index (κ2) is 16.6. The van der Waals surface area contributed by atoms with Crippen LogP contribution in [-0.4, -0.2) is 115 Å². The molecule has 2 saturated heterocycles. The van der Waals surface area contributed by atoms with Gasteiger partial charge in [0, 0.05) is 48.5 Å². The first kappa shape index (κ1) is 36.8. The Labute approximate surface area is 260 Å². The van der Waals surface area contributed by atoms with Crippen molar-refractivity contribution in [3.63, 3.8) is 0 Å². The van der Waals surface area contributed by atoms with Crippen molar-refractivity contribution in [1.29, 1.82) is 0 Å². The highest BCUT2D eigenvalue weighted by atomic mass is 79.9. The van der Waals surface area contributed by atoms with Gasteiger partial charge in [0.1, 0.15) is 18.8 Å². The van der Waals surface area contributed by atoms with Crippen LogP contribution in [-0.2, 0) is 80.9 Å². The van der Waals surface area contributed by atoms with Crippen molar-refractivity contribution in [1.82, 2.24) is 0 Å². The van der Waals surface area contributed by atoms with Crippen LogP contribution in [0.25, 0.3) is 0 Å². The van der Waals surface area contributed by atoms with Crippen molar-refractivity contribution in [2.75, 3.05) is 13.2 Å². The summed E-state index contributed by atoms with van der Waals surface area (Å²) >= 11 is 3.23. The van der Waals surface area contributed by atoms with E-state index in [1.807, 2.05) is 0 Å². The first-order chi connectivity index (χ1) is 20.5. The van der Waals surface area contributed by atoms with Crippen molar-refractivity contribution in [2.45, 2.75) is 109 Å². The van der Waals surface area contributed by atoms with Crippen LogP contribution in [0.1, 0.15) is 48.5 Å². The van der Waals surface area contributed by atoms with E-state index in [4.69, 9.17) is 47.4 Å². The molecule has 44 heavy (non-hydrogen) atoms. The average Bonchev–Trinajstić information content (AvgIpc) is 2.87. The summed E-state index contributed by atoms with van der Waals surface area (Å²) in [6.07, 6.45) is -12.5. The Morgan fingerprint density at radius 1 is 0.477 bits per heavy atom. The van der Waals surface area contributed by atoms with Crippen LogP contribution in [0.3, 0.4) is 0 Å². The number of alkyl halides is 1. The van der Waals surface area contributed by atoms with Gasteiger partial charge in [-0.15, -0.1) is 0 Å². The van der Waals surface area contributed by atoms with Gasteiger partial charge in [0.15, 0.2) is 47.9 Å². The van der Waals surface area contributed by atoms with Crippen LogP contribution in [0.4, 0.5) is 0 Å². The normalized spacial score (nSPS) is 31.5. The minimum atomic E-state index is -1.58. The number of hydrogen-bond donors (Lipinski definition) is 0. The molecule has 0 aliphatic carbocycles. The summed E-state index contributed by atoms with van der Waals surface area (Å²) in [4.78, 5) is 83.3. The monoisotopic (exact) mass is 698 g/mol. The Morgan fingerprint density at radius 2 is 0.841 bits per heavy atom. The molecule has 2 aliphatic heterocycles. The zero-order valence-corrected chi connectivity index (χ0v) is 26.6. The Hall–Kier alpha value is -3.35. The second-order valence-corrected chi connectivity index (χ2v) is 10.6. The summed E-state index contributed by atoms with van der Waals surface area (Å²) in [6, 6.07) is 0. The molecule has 0 saturated carbocycles. The van der Waals surface area contributed by atoms with Gasteiger partial charge in [-0.25, -0.2) is 0 Å². The van der Waals surface area contributed by atoms with Crippen LogP contribution in [0, 0.1) is 0 Å². The number of carbonyl (C=O) groups excluding carboxylic acids is 7. The lowest BCUT2D eigenvalue weighted by atomic mass is 9.97. The highest BCUT2D eigenvalue weighted by molar-refractivity contribution is 9.09. The molecule has 2 heterocycles. The van der Waals surface area contributed by atoms with E-state index in [0.29, 0.717) is 0 Å². The summed E-state index contributed by atoms with van der Waals surface area (Å²) < 4.78 is 54.8. The smallest absolute Gasteiger partial charge is 0.303 e. The fourth-order valence-electron chi connectivity index (χ4n) is 4.49. The number of halogens is 1. The summed E-state index contributed by atoms with van der Waals surface area (Å²) in [5.41, 5.74) is 0. The predicted octanol–water partition coefficient (Wildman–Crippen LogP) is 0.00100. The van der Waals surface area contributed by atoms with Crippen LogP contribution in [0.2, 0.25) is 0 Å². The van der Waals surface area contributed by atoms with Gasteiger partial charge in [-0.2, -0.15) is 0 Å². The third-order valence-corrected chi connectivity index (χ3v) is 6.59.